The fraction of sp³-hybridized carbons (Fsp3) is 0.300. The van der Waals surface area contributed by atoms with Crippen molar-refractivity contribution in [3.63, 3.8) is 0 Å². The van der Waals surface area contributed by atoms with Gasteiger partial charge in [-0.05, 0) is 43.7 Å². The Kier molecular flexibility index (Phi) is 6.00. The molecule has 0 fully saturated rings. The SMILES string of the molecule is Cc1nc(-c2cccs2)c(CC(=O)NC(C)CCc2ccccc2)s1. The Balaban J connectivity index is 1.56. The van der Waals surface area contributed by atoms with Crippen LogP contribution < -0.4 is 5.32 Å². The quantitative estimate of drug-likeness (QED) is 0.645. The van der Waals surface area contributed by atoms with Crippen molar-refractivity contribution in [1.29, 1.82) is 0 Å². The van der Waals surface area contributed by atoms with E-state index in [0.717, 1.165) is 33.3 Å². The van der Waals surface area contributed by atoms with Gasteiger partial charge in [-0.1, -0.05) is 36.4 Å². The highest BCUT2D eigenvalue weighted by Gasteiger charge is 2.16. The van der Waals surface area contributed by atoms with Gasteiger partial charge in [0.2, 0.25) is 5.91 Å². The van der Waals surface area contributed by atoms with Crippen molar-refractivity contribution >= 4 is 28.6 Å². The van der Waals surface area contributed by atoms with Gasteiger partial charge < -0.3 is 5.32 Å². The molecule has 3 aromatic rings. The van der Waals surface area contributed by atoms with Crippen LogP contribution in [0.1, 0.15) is 28.8 Å². The van der Waals surface area contributed by atoms with E-state index in [0.29, 0.717) is 6.42 Å². The molecule has 2 aromatic heterocycles. The van der Waals surface area contributed by atoms with Crippen molar-refractivity contribution < 1.29 is 4.79 Å². The molecular formula is C20H22N2OS2. The maximum atomic E-state index is 12.4. The monoisotopic (exact) mass is 370 g/mol. The highest BCUT2D eigenvalue weighted by atomic mass is 32.1. The van der Waals surface area contributed by atoms with Crippen molar-refractivity contribution in [2.24, 2.45) is 0 Å². The Morgan fingerprint density at radius 1 is 1.20 bits per heavy atom. The van der Waals surface area contributed by atoms with Crippen LogP contribution in [-0.4, -0.2) is 16.9 Å². The average Bonchev–Trinajstić information content (AvgIpc) is 3.23. The molecule has 3 rings (SSSR count). The smallest absolute Gasteiger partial charge is 0.225 e. The number of carbonyl (C=O) groups excluding carboxylic acids is 1. The van der Waals surface area contributed by atoms with Gasteiger partial charge in [-0.3, -0.25) is 4.79 Å². The maximum Gasteiger partial charge on any atom is 0.225 e. The molecule has 0 aliphatic rings. The number of amides is 1. The number of hydrogen-bond donors (Lipinski definition) is 1. The fourth-order valence-electron chi connectivity index (χ4n) is 2.77. The lowest BCUT2D eigenvalue weighted by molar-refractivity contribution is -0.121. The van der Waals surface area contributed by atoms with Gasteiger partial charge in [0.15, 0.2) is 0 Å². The van der Waals surface area contributed by atoms with Crippen LogP contribution in [0.25, 0.3) is 10.6 Å². The highest BCUT2D eigenvalue weighted by molar-refractivity contribution is 7.15. The van der Waals surface area contributed by atoms with E-state index in [-0.39, 0.29) is 11.9 Å². The van der Waals surface area contributed by atoms with Crippen molar-refractivity contribution in [3.05, 3.63) is 63.3 Å². The van der Waals surface area contributed by atoms with Crippen LogP contribution in [0.5, 0.6) is 0 Å². The van der Waals surface area contributed by atoms with Gasteiger partial charge in [-0.2, -0.15) is 0 Å². The van der Waals surface area contributed by atoms with Crippen LogP contribution in [0.2, 0.25) is 0 Å². The van der Waals surface area contributed by atoms with E-state index in [2.05, 4.69) is 47.6 Å². The van der Waals surface area contributed by atoms with E-state index in [1.165, 1.54) is 5.56 Å². The Morgan fingerprint density at radius 3 is 2.72 bits per heavy atom. The average molecular weight is 371 g/mol. The first-order valence-electron chi connectivity index (χ1n) is 8.45. The van der Waals surface area contributed by atoms with Crippen LogP contribution in [0.4, 0.5) is 0 Å². The van der Waals surface area contributed by atoms with Crippen molar-refractivity contribution in [2.75, 3.05) is 0 Å². The van der Waals surface area contributed by atoms with E-state index in [1.54, 1.807) is 22.7 Å². The third-order valence-electron chi connectivity index (χ3n) is 4.00. The second-order valence-corrected chi connectivity index (χ2v) is 8.39. The Bertz CT molecular complexity index is 810. The third-order valence-corrected chi connectivity index (χ3v) is 5.84. The summed E-state index contributed by atoms with van der Waals surface area (Å²) in [5, 5.41) is 6.17. The van der Waals surface area contributed by atoms with Crippen LogP contribution in [-0.2, 0) is 17.6 Å². The molecule has 0 aliphatic heterocycles. The molecule has 1 atom stereocenters. The number of rotatable bonds is 7. The lowest BCUT2D eigenvalue weighted by Crippen LogP contribution is -2.33. The molecule has 0 spiro atoms. The van der Waals surface area contributed by atoms with E-state index in [4.69, 9.17) is 0 Å². The van der Waals surface area contributed by atoms with Gasteiger partial charge in [-0.25, -0.2) is 4.98 Å². The number of aromatic nitrogens is 1. The summed E-state index contributed by atoms with van der Waals surface area (Å²) in [6, 6.07) is 14.6. The molecule has 1 amide bonds. The second kappa shape index (κ2) is 8.41. The maximum absolute atomic E-state index is 12.4. The minimum Gasteiger partial charge on any atom is -0.353 e. The number of nitrogens with zero attached hydrogens (tertiary/aromatic N) is 1. The highest BCUT2D eigenvalue weighted by Crippen LogP contribution is 2.31. The van der Waals surface area contributed by atoms with Crippen LogP contribution in [0, 0.1) is 6.92 Å². The number of nitrogens with one attached hydrogen (secondary N) is 1. The zero-order valence-corrected chi connectivity index (χ0v) is 16.1. The summed E-state index contributed by atoms with van der Waals surface area (Å²) in [6.45, 7) is 4.06. The summed E-state index contributed by atoms with van der Waals surface area (Å²) in [6.07, 6.45) is 2.31. The van der Waals surface area contributed by atoms with Crippen LogP contribution in [0.15, 0.2) is 47.8 Å². The summed E-state index contributed by atoms with van der Waals surface area (Å²) in [5.74, 6) is 0.0713. The molecule has 0 radical (unpaired) electrons. The molecule has 0 aliphatic carbocycles. The summed E-state index contributed by atoms with van der Waals surface area (Å²) < 4.78 is 0. The molecule has 5 heteroatoms. The topological polar surface area (TPSA) is 42.0 Å². The third kappa shape index (κ3) is 5.00. The molecule has 25 heavy (non-hydrogen) atoms. The predicted octanol–water partition coefficient (Wildman–Crippen LogP) is 4.86. The van der Waals surface area contributed by atoms with Gasteiger partial charge in [0.25, 0.3) is 0 Å². The zero-order chi connectivity index (χ0) is 17.6. The molecule has 1 N–H and O–H groups in total. The molecule has 0 saturated carbocycles. The molecular weight excluding hydrogens is 348 g/mol. The van der Waals surface area contributed by atoms with Gasteiger partial charge >= 0.3 is 0 Å². The van der Waals surface area contributed by atoms with Crippen LogP contribution >= 0.6 is 22.7 Å². The number of carbonyl (C=O) groups is 1. The van der Waals surface area contributed by atoms with Gasteiger partial charge in [-0.15, -0.1) is 22.7 Å². The molecule has 0 bridgehead atoms. The number of hydrogen-bond acceptors (Lipinski definition) is 4. The molecule has 0 saturated heterocycles. The standard InChI is InChI=1S/C20H22N2OS2/c1-14(10-11-16-7-4-3-5-8-16)21-19(23)13-18-20(22-15(2)25-18)17-9-6-12-24-17/h3-9,12,14H,10-11,13H2,1-2H3,(H,21,23). The van der Waals surface area contributed by atoms with E-state index in [9.17, 15) is 4.79 Å². The lowest BCUT2D eigenvalue weighted by Gasteiger charge is -2.13. The predicted molar refractivity (Wildman–Crippen MR) is 106 cm³/mol. The summed E-state index contributed by atoms with van der Waals surface area (Å²) in [5.41, 5.74) is 2.27. The number of thiazole rings is 1. The Labute approximate surface area is 156 Å². The minimum absolute atomic E-state index is 0.0713. The number of thiophene rings is 1. The van der Waals surface area contributed by atoms with Crippen molar-refractivity contribution in [2.45, 2.75) is 39.2 Å². The first-order chi connectivity index (χ1) is 12.1. The van der Waals surface area contributed by atoms with E-state index >= 15 is 0 Å². The molecule has 130 valence electrons. The molecule has 2 heterocycles. The van der Waals surface area contributed by atoms with Crippen molar-refractivity contribution in [1.82, 2.24) is 10.3 Å². The second-order valence-electron chi connectivity index (χ2n) is 6.15. The van der Waals surface area contributed by atoms with E-state index in [1.807, 2.05) is 24.4 Å². The summed E-state index contributed by atoms with van der Waals surface area (Å²) in [4.78, 5) is 19.2. The Hall–Kier alpha value is -1.98. The first kappa shape index (κ1) is 17.8. The fourth-order valence-corrected chi connectivity index (χ4v) is 4.52. The number of benzene rings is 1. The molecule has 3 nitrogen and oxygen atoms in total. The summed E-state index contributed by atoms with van der Waals surface area (Å²) >= 11 is 3.28. The van der Waals surface area contributed by atoms with E-state index < -0.39 is 0 Å². The van der Waals surface area contributed by atoms with Gasteiger partial charge in [0.1, 0.15) is 0 Å². The zero-order valence-electron chi connectivity index (χ0n) is 14.5. The number of aryl methyl sites for hydroxylation is 2. The van der Waals surface area contributed by atoms with Crippen LogP contribution in [0.3, 0.4) is 0 Å². The molecule has 1 unspecified atom stereocenters. The van der Waals surface area contributed by atoms with Crippen molar-refractivity contribution in [3.8, 4) is 10.6 Å². The first-order valence-corrected chi connectivity index (χ1v) is 10.1. The minimum atomic E-state index is 0.0713. The lowest BCUT2D eigenvalue weighted by atomic mass is 10.1. The van der Waals surface area contributed by atoms with Gasteiger partial charge in [0, 0.05) is 10.9 Å². The van der Waals surface area contributed by atoms with Gasteiger partial charge in [0.05, 0.1) is 22.0 Å². The largest absolute Gasteiger partial charge is 0.353 e. The Morgan fingerprint density at radius 2 is 2.00 bits per heavy atom. The summed E-state index contributed by atoms with van der Waals surface area (Å²) in [7, 11) is 0. The molecule has 1 aromatic carbocycles. The normalized spacial score (nSPS) is 12.1.